The maximum absolute atomic E-state index is 11.5. The lowest BCUT2D eigenvalue weighted by Crippen LogP contribution is -2.37. The number of carbonyl (C=O) groups is 2. The third kappa shape index (κ3) is 4.73. The molecule has 0 fully saturated rings. The largest absolute Gasteiger partial charge is 0.497 e. The van der Waals surface area contributed by atoms with Crippen molar-refractivity contribution in [2.24, 2.45) is 0 Å². The lowest BCUT2D eigenvalue weighted by Gasteiger charge is -2.25. The van der Waals surface area contributed by atoms with Crippen molar-refractivity contribution >= 4 is 11.7 Å². The second-order valence-electron chi connectivity index (χ2n) is 5.27. The van der Waals surface area contributed by atoms with E-state index in [9.17, 15) is 9.59 Å². The van der Waals surface area contributed by atoms with Crippen LogP contribution in [0.5, 0.6) is 5.75 Å². The Hall–Kier alpha value is -1.84. The molecule has 0 heterocycles. The third-order valence-corrected chi connectivity index (χ3v) is 3.01. The molecule has 1 aromatic carbocycles. The molecule has 4 heteroatoms. The van der Waals surface area contributed by atoms with E-state index < -0.39 is 0 Å². The summed E-state index contributed by atoms with van der Waals surface area (Å²) in [5.74, 6) is 0.453. The molecule has 1 N–H and O–H groups in total. The molecule has 0 spiro atoms. The van der Waals surface area contributed by atoms with E-state index in [0.29, 0.717) is 6.54 Å². The fourth-order valence-electron chi connectivity index (χ4n) is 1.75. The van der Waals surface area contributed by atoms with Crippen LogP contribution in [0.25, 0.3) is 0 Å². The molecule has 0 radical (unpaired) electrons. The first-order valence-corrected chi connectivity index (χ1v) is 6.26. The van der Waals surface area contributed by atoms with Crippen molar-refractivity contribution in [1.29, 1.82) is 0 Å². The second-order valence-corrected chi connectivity index (χ2v) is 5.27. The van der Waals surface area contributed by atoms with Crippen LogP contribution in [-0.2, 0) is 15.0 Å². The second kappa shape index (κ2) is 6.36. The van der Waals surface area contributed by atoms with E-state index in [-0.39, 0.29) is 23.5 Å². The van der Waals surface area contributed by atoms with Gasteiger partial charge in [0.05, 0.1) is 13.5 Å². The quantitative estimate of drug-likeness (QED) is 0.799. The maximum Gasteiger partial charge on any atom is 0.227 e. The molecule has 0 aliphatic rings. The number of ketones is 1. The van der Waals surface area contributed by atoms with Crippen LogP contribution >= 0.6 is 0 Å². The molecule has 104 valence electrons. The zero-order chi connectivity index (χ0) is 14.5. The smallest absolute Gasteiger partial charge is 0.227 e. The lowest BCUT2D eigenvalue weighted by atomic mass is 9.84. The number of nitrogens with one attached hydrogen (secondary N) is 1. The number of hydrogen-bond donors (Lipinski definition) is 1. The summed E-state index contributed by atoms with van der Waals surface area (Å²) in [5.41, 5.74) is 0.912. The van der Waals surface area contributed by atoms with Crippen LogP contribution in [0.15, 0.2) is 24.3 Å². The van der Waals surface area contributed by atoms with Crippen LogP contribution in [0.1, 0.15) is 32.8 Å². The van der Waals surface area contributed by atoms with Gasteiger partial charge in [0, 0.05) is 12.0 Å². The van der Waals surface area contributed by atoms with E-state index >= 15 is 0 Å². The summed E-state index contributed by atoms with van der Waals surface area (Å²) in [7, 11) is 1.63. The van der Waals surface area contributed by atoms with Crippen LogP contribution in [0.3, 0.4) is 0 Å². The predicted octanol–water partition coefficient (Wildman–Crippen LogP) is 2.07. The first-order chi connectivity index (χ1) is 8.85. The molecular weight excluding hydrogens is 242 g/mol. The average molecular weight is 263 g/mol. The highest BCUT2D eigenvalue weighted by atomic mass is 16.5. The van der Waals surface area contributed by atoms with E-state index in [1.807, 2.05) is 38.1 Å². The Labute approximate surface area is 114 Å². The molecule has 0 aliphatic heterocycles. The maximum atomic E-state index is 11.5. The van der Waals surface area contributed by atoms with Crippen molar-refractivity contribution in [2.75, 3.05) is 13.7 Å². The van der Waals surface area contributed by atoms with E-state index in [1.54, 1.807) is 7.11 Å². The van der Waals surface area contributed by atoms with Gasteiger partial charge in [-0.3, -0.25) is 9.59 Å². The molecular formula is C15H21NO3. The SMILES string of the molecule is COc1ccc(C(C)(C)CNC(=O)CC(C)=O)cc1. The summed E-state index contributed by atoms with van der Waals surface area (Å²) < 4.78 is 5.12. The van der Waals surface area contributed by atoms with E-state index in [0.717, 1.165) is 11.3 Å². The molecule has 0 unspecified atom stereocenters. The zero-order valence-corrected chi connectivity index (χ0v) is 11.9. The van der Waals surface area contributed by atoms with Crippen molar-refractivity contribution in [2.45, 2.75) is 32.6 Å². The number of amides is 1. The van der Waals surface area contributed by atoms with E-state index in [4.69, 9.17) is 4.74 Å². The normalized spacial score (nSPS) is 10.9. The fraction of sp³-hybridized carbons (Fsp3) is 0.467. The number of Topliss-reactive ketones (excluding diaryl/α,β-unsaturated/α-hetero) is 1. The Morgan fingerprint density at radius 2 is 1.79 bits per heavy atom. The minimum Gasteiger partial charge on any atom is -0.497 e. The monoisotopic (exact) mass is 263 g/mol. The molecule has 0 atom stereocenters. The Morgan fingerprint density at radius 1 is 1.21 bits per heavy atom. The summed E-state index contributed by atoms with van der Waals surface area (Å²) in [5, 5.41) is 2.79. The number of rotatable bonds is 6. The van der Waals surface area contributed by atoms with Gasteiger partial charge in [-0.2, -0.15) is 0 Å². The minimum absolute atomic E-state index is 0.0569. The molecule has 0 aliphatic carbocycles. The Kier molecular flexibility index (Phi) is 5.10. The topological polar surface area (TPSA) is 55.4 Å². The van der Waals surface area contributed by atoms with Crippen molar-refractivity contribution in [3.8, 4) is 5.75 Å². The summed E-state index contributed by atoms with van der Waals surface area (Å²) >= 11 is 0. The first kappa shape index (κ1) is 15.2. The van der Waals surface area contributed by atoms with Crippen LogP contribution in [0, 0.1) is 0 Å². The molecule has 0 saturated carbocycles. The third-order valence-electron chi connectivity index (χ3n) is 3.01. The van der Waals surface area contributed by atoms with Crippen molar-refractivity contribution in [3.63, 3.8) is 0 Å². The van der Waals surface area contributed by atoms with Gasteiger partial charge in [0.15, 0.2) is 0 Å². The van der Waals surface area contributed by atoms with Crippen molar-refractivity contribution in [1.82, 2.24) is 5.32 Å². The molecule has 1 amide bonds. The molecule has 19 heavy (non-hydrogen) atoms. The zero-order valence-electron chi connectivity index (χ0n) is 11.9. The van der Waals surface area contributed by atoms with Crippen LogP contribution in [0.4, 0.5) is 0 Å². The van der Waals surface area contributed by atoms with Gasteiger partial charge in [0.25, 0.3) is 0 Å². The van der Waals surface area contributed by atoms with Gasteiger partial charge >= 0.3 is 0 Å². The van der Waals surface area contributed by atoms with Gasteiger partial charge in [-0.25, -0.2) is 0 Å². The Bertz CT molecular complexity index is 449. The summed E-state index contributed by atoms with van der Waals surface area (Å²) in [6.45, 7) is 5.99. The molecule has 0 aromatic heterocycles. The lowest BCUT2D eigenvalue weighted by molar-refractivity contribution is -0.127. The highest BCUT2D eigenvalue weighted by Crippen LogP contribution is 2.24. The molecule has 1 aromatic rings. The number of methoxy groups -OCH3 is 1. The number of hydrogen-bond acceptors (Lipinski definition) is 3. The highest BCUT2D eigenvalue weighted by molar-refractivity contribution is 5.96. The molecule has 0 saturated heterocycles. The van der Waals surface area contributed by atoms with E-state index in [1.165, 1.54) is 6.92 Å². The van der Waals surface area contributed by atoms with Gasteiger partial charge in [-0.05, 0) is 24.6 Å². The number of carbonyl (C=O) groups excluding carboxylic acids is 2. The summed E-state index contributed by atoms with van der Waals surface area (Å²) in [6, 6.07) is 7.76. The highest BCUT2D eigenvalue weighted by Gasteiger charge is 2.21. The minimum atomic E-state index is -0.228. The van der Waals surface area contributed by atoms with Gasteiger partial charge in [-0.1, -0.05) is 26.0 Å². The average Bonchev–Trinajstić information content (AvgIpc) is 2.36. The van der Waals surface area contributed by atoms with Gasteiger partial charge < -0.3 is 10.1 Å². The molecule has 0 bridgehead atoms. The summed E-state index contributed by atoms with van der Waals surface area (Å²) in [6.07, 6.45) is -0.0569. The van der Waals surface area contributed by atoms with Crippen LogP contribution < -0.4 is 10.1 Å². The van der Waals surface area contributed by atoms with Crippen LogP contribution in [0.2, 0.25) is 0 Å². The van der Waals surface area contributed by atoms with Gasteiger partial charge in [0.1, 0.15) is 11.5 Å². The Morgan fingerprint density at radius 3 is 2.26 bits per heavy atom. The number of ether oxygens (including phenoxy) is 1. The van der Waals surface area contributed by atoms with Crippen LogP contribution in [-0.4, -0.2) is 25.3 Å². The number of benzene rings is 1. The predicted molar refractivity (Wildman–Crippen MR) is 74.3 cm³/mol. The molecule has 4 nitrogen and oxygen atoms in total. The van der Waals surface area contributed by atoms with Crippen molar-refractivity contribution in [3.05, 3.63) is 29.8 Å². The van der Waals surface area contributed by atoms with Gasteiger partial charge in [-0.15, -0.1) is 0 Å². The van der Waals surface area contributed by atoms with Gasteiger partial charge in [0.2, 0.25) is 5.91 Å². The van der Waals surface area contributed by atoms with E-state index in [2.05, 4.69) is 5.32 Å². The first-order valence-electron chi connectivity index (χ1n) is 6.26. The summed E-state index contributed by atoms with van der Waals surface area (Å²) in [4.78, 5) is 22.3. The van der Waals surface area contributed by atoms with Crippen molar-refractivity contribution < 1.29 is 14.3 Å². The Balaban J connectivity index is 2.63. The fourth-order valence-corrected chi connectivity index (χ4v) is 1.75. The molecule has 1 rings (SSSR count). The standard InChI is InChI=1S/C15H21NO3/c1-11(17)9-14(18)16-10-15(2,3)12-5-7-13(19-4)8-6-12/h5-8H,9-10H2,1-4H3,(H,16,18).